The molecule has 1 aliphatic carbocycles. The minimum Gasteiger partial charge on any atom is -0.487 e. The number of carbonyl (C=O) groups excluding carboxylic acids is 2. The number of ether oxygens (including phenoxy) is 3. The lowest BCUT2D eigenvalue weighted by atomic mass is 9.89. The van der Waals surface area contributed by atoms with Crippen molar-refractivity contribution in [3.05, 3.63) is 54.6 Å². The fourth-order valence-electron chi connectivity index (χ4n) is 4.09. The smallest absolute Gasteiger partial charge is 0.303 e. The van der Waals surface area contributed by atoms with Crippen LogP contribution in [0.2, 0.25) is 0 Å². The molecule has 1 aromatic carbocycles. The van der Waals surface area contributed by atoms with Gasteiger partial charge in [-0.2, -0.15) is 8.78 Å². The van der Waals surface area contributed by atoms with Crippen LogP contribution in [0.15, 0.2) is 54.6 Å². The van der Waals surface area contributed by atoms with Crippen molar-refractivity contribution in [2.45, 2.75) is 64.1 Å². The van der Waals surface area contributed by atoms with E-state index >= 15 is 0 Å². The molecular formula is C26H32F2O7. The lowest BCUT2D eigenvalue weighted by Crippen LogP contribution is -2.27. The highest BCUT2D eigenvalue weighted by Gasteiger charge is 2.45. The first-order valence-corrected chi connectivity index (χ1v) is 11.5. The van der Waals surface area contributed by atoms with Gasteiger partial charge >= 0.3 is 17.9 Å². The Morgan fingerprint density at radius 2 is 1.71 bits per heavy atom. The van der Waals surface area contributed by atoms with Gasteiger partial charge in [0.05, 0.1) is 0 Å². The number of esters is 2. The van der Waals surface area contributed by atoms with E-state index in [0.29, 0.717) is 25.0 Å². The summed E-state index contributed by atoms with van der Waals surface area (Å²) in [6.45, 7) is 1.64. The lowest BCUT2D eigenvalue weighted by Gasteiger charge is -2.23. The van der Waals surface area contributed by atoms with Crippen LogP contribution in [0.1, 0.15) is 46.0 Å². The summed E-state index contributed by atoms with van der Waals surface area (Å²) in [5, 5.41) is 8.73. The number of halogens is 2. The predicted octanol–water partition coefficient (Wildman–Crippen LogP) is 4.96. The van der Waals surface area contributed by atoms with Gasteiger partial charge in [-0.25, -0.2) is 0 Å². The van der Waals surface area contributed by atoms with Crippen molar-refractivity contribution in [3.8, 4) is 5.75 Å². The van der Waals surface area contributed by atoms with Crippen LogP contribution in [-0.2, 0) is 23.9 Å². The molecule has 0 heterocycles. The molecule has 0 radical (unpaired) electrons. The van der Waals surface area contributed by atoms with Crippen LogP contribution in [0.5, 0.6) is 5.75 Å². The van der Waals surface area contributed by atoms with Crippen LogP contribution in [0, 0.1) is 11.8 Å². The first-order chi connectivity index (χ1) is 16.6. The Morgan fingerprint density at radius 1 is 1.06 bits per heavy atom. The van der Waals surface area contributed by atoms with E-state index < -0.39 is 54.5 Å². The third-order valence-electron chi connectivity index (χ3n) is 5.57. The summed E-state index contributed by atoms with van der Waals surface area (Å²) in [6, 6.07) is 8.27. The summed E-state index contributed by atoms with van der Waals surface area (Å²) in [7, 11) is 0. The highest BCUT2D eigenvalue weighted by molar-refractivity contribution is 5.67. The first-order valence-electron chi connectivity index (χ1n) is 11.5. The van der Waals surface area contributed by atoms with Crippen molar-refractivity contribution in [2.75, 3.05) is 6.61 Å². The highest BCUT2D eigenvalue weighted by Crippen LogP contribution is 2.40. The maximum atomic E-state index is 14.6. The van der Waals surface area contributed by atoms with Crippen LogP contribution in [0.4, 0.5) is 8.78 Å². The van der Waals surface area contributed by atoms with Gasteiger partial charge in [-0.15, -0.1) is 0 Å². The molecule has 7 nitrogen and oxygen atoms in total. The third kappa shape index (κ3) is 10.3. The van der Waals surface area contributed by atoms with E-state index in [4.69, 9.17) is 19.3 Å². The predicted molar refractivity (Wildman–Crippen MR) is 124 cm³/mol. The fraction of sp³-hybridized carbons (Fsp3) is 0.500. The molecule has 9 heteroatoms. The van der Waals surface area contributed by atoms with E-state index in [-0.39, 0.29) is 12.8 Å². The van der Waals surface area contributed by atoms with Gasteiger partial charge in [0.25, 0.3) is 5.92 Å². The summed E-state index contributed by atoms with van der Waals surface area (Å²) in [5.41, 5.74) is 0. The second-order valence-corrected chi connectivity index (χ2v) is 8.49. The number of allylic oxidation sites excluding steroid dienone is 2. The zero-order valence-electron chi connectivity index (χ0n) is 19.9. The quantitative estimate of drug-likeness (QED) is 0.235. The summed E-state index contributed by atoms with van der Waals surface area (Å²) in [4.78, 5) is 33.9. The molecule has 0 amide bonds. The van der Waals surface area contributed by atoms with Crippen molar-refractivity contribution < 1.29 is 42.5 Å². The molecule has 1 saturated carbocycles. The van der Waals surface area contributed by atoms with Crippen LogP contribution < -0.4 is 4.74 Å². The number of carbonyl (C=O) groups is 3. The van der Waals surface area contributed by atoms with Gasteiger partial charge in [-0.05, 0) is 37.5 Å². The lowest BCUT2D eigenvalue weighted by molar-refractivity contribution is -0.149. The Balaban J connectivity index is 2.15. The van der Waals surface area contributed by atoms with Crippen LogP contribution in [0.25, 0.3) is 0 Å². The fourth-order valence-corrected chi connectivity index (χ4v) is 4.09. The van der Waals surface area contributed by atoms with E-state index in [1.165, 1.54) is 19.9 Å². The minimum atomic E-state index is -3.28. The Bertz CT molecular complexity index is 898. The Labute approximate surface area is 203 Å². The van der Waals surface area contributed by atoms with Crippen molar-refractivity contribution in [1.82, 2.24) is 0 Å². The van der Waals surface area contributed by atoms with Crippen LogP contribution in [-0.4, -0.2) is 47.8 Å². The Morgan fingerprint density at radius 3 is 2.34 bits per heavy atom. The number of para-hydroxylation sites is 1. The first kappa shape index (κ1) is 28.0. The third-order valence-corrected chi connectivity index (χ3v) is 5.57. The summed E-state index contributed by atoms with van der Waals surface area (Å²) in [5.74, 6) is -5.93. The molecule has 0 aliphatic heterocycles. The number of rotatable bonds is 13. The second kappa shape index (κ2) is 13.6. The van der Waals surface area contributed by atoms with Crippen molar-refractivity contribution in [1.29, 1.82) is 0 Å². The molecule has 0 aromatic heterocycles. The number of benzene rings is 1. The number of aliphatic carboxylic acids is 1. The molecule has 192 valence electrons. The maximum absolute atomic E-state index is 14.6. The molecule has 4 atom stereocenters. The summed E-state index contributed by atoms with van der Waals surface area (Å²) >= 11 is 0. The minimum absolute atomic E-state index is 0.0455. The molecule has 0 saturated heterocycles. The standard InChI is InChI=1S/C26H32F2O7/c1-18(29)34-23-16-24(35-19(2)30)22(21(23)12-8-3-4-9-13-25(31)32)14-15-26(27,28)17-33-20-10-6-5-7-11-20/h3,5-8,10-11,14-15,21-24H,4,9,12-13,16-17H2,1-2H3,(H,31,32)/b8-3-,15-14+/t21-,22+,23-,24-/m1/s1. The van der Waals surface area contributed by atoms with Gasteiger partial charge in [0.1, 0.15) is 18.0 Å². The number of carboxylic acids is 1. The van der Waals surface area contributed by atoms with Gasteiger partial charge < -0.3 is 19.3 Å². The zero-order valence-corrected chi connectivity index (χ0v) is 19.9. The Kier molecular flexibility index (Phi) is 10.9. The molecule has 0 bridgehead atoms. The molecule has 35 heavy (non-hydrogen) atoms. The largest absolute Gasteiger partial charge is 0.487 e. The van der Waals surface area contributed by atoms with E-state index in [1.807, 2.05) is 12.2 Å². The van der Waals surface area contributed by atoms with Gasteiger partial charge in [-0.3, -0.25) is 14.4 Å². The average molecular weight is 495 g/mol. The molecule has 0 unspecified atom stereocenters. The monoisotopic (exact) mass is 494 g/mol. The SMILES string of the molecule is CC(=O)O[C@@H]1C[C@@H](OC(C)=O)[C@H](C/C=C\CCCC(=O)O)[C@@H]1/C=C/C(F)(F)COc1ccccc1. The van der Waals surface area contributed by atoms with Gasteiger partial charge in [0.15, 0.2) is 6.61 Å². The second-order valence-electron chi connectivity index (χ2n) is 8.49. The molecule has 1 aromatic rings. The van der Waals surface area contributed by atoms with Gasteiger partial charge in [-0.1, -0.05) is 36.4 Å². The molecule has 2 rings (SSSR count). The maximum Gasteiger partial charge on any atom is 0.303 e. The van der Waals surface area contributed by atoms with Crippen LogP contribution in [0.3, 0.4) is 0 Å². The summed E-state index contributed by atoms with van der Waals surface area (Å²) in [6.07, 6.45) is 5.97. The van der Waals surface area contributed by atoms with E-state index in [1.54, 1.807) is 30.3 Å². The number of hydrogen-bond acceptors (Lipinski definition) is 6. The van der Waals surface area contributed by atoms with E-state index in [0.717, 1.165) is 6.08 Å². The van der Waals surface area contributed by atoms with E-state index in [9.17, 15) is 23.2 Å². The molecule has 0 spiro atoms. The average Bonchev–Trinajstić information content (AvgIpc) is 3.08. The molecular weight excluding hydrogens is 462 g/mol. The normalized spacial score (nSPS) is 22.4. The zero-order chi connectivity index (χ0) is 25.8. The topological polar surface area (TPSA) is 99.1 Å². The number of carboxylic acid groups (broad SMARTS) is 1. The van der Waals surface area contributed by atoms with Crippen molar-refractivity contribution >= 4 is 17.9 Å². The summed E-state index contributed by atoms with van der Waals surface area (Å²) < 4.78 is 45.2. The van der Waals surface area contributed by atoms with Crippen molar-refractivity contribution in [3.63, 3.8) is 0 Å². The van der Waals surface area contributed by atoms with Gasteiger partial charge in [0.2, 0.25) is 0 Å². The number of unbranched alkanes of at least 4 members (excludes halogenated alkanes) is 1. The van der Waals surface area contributed by atoms with E-state index in [2.05, 4.69) is 0 Å². The molecule has 1 fully saturated rings. The van der Waals surface area contributed by atoms with Crippen molar-refractivity contribution in [2.24, 2.45) is 11.8 Å². The highest BCUT2D eigenvalue weighted by atomic mass is 19.3. The molecule has 1 aliphatic rings. The Hall–Kier alpha value is -3.23. The van der Waals surface area contributed by atoms with Crippen LogP contribution >= 0.6 is 0 Å². The number of alkyl halides is 2. The molecule has 1 N–H and O–H groups in total. The van der Waals surface area contributed by atoms with Gasteiger partial charge in [0, 0.05) is 38.5 Å². The number of hydrogen-bond donors (Lipinski definition) is 1.